The number of halogens is 2. The third-order valence-corrected chi connectivity index (χ3v) is 4.74. The van der Waals surface area contributed by atoms with Crippen LogP contribution in [0.4, 0.5) is 10.5 Å². The second-order valence-electron chi connectivity index (χ2n) is 4.96. The Morgan fingerprint density at radius 1 is 1.44 bits per heavy atom. The number of amides is 2. The fourth-order valence-corrected chi connectivity index (χ4v) is 3.32. The molecule has 3 rings (SSSR count). The van der Waals surface area contributed by atoms with Crippen LogP contribution in [0.3, 0.4) is 0 Å². The van der Waals surface area contributed by atoms with Gasteiger partial charge in [-0.1, -0.05) is 18.5 Å². The Hall–Kier alpha value is -0.930. The molecule has 1 saturated heterocycles. The molecule has 1 aromatic rings. The van der Waals surface area contributed by atoms with Gasteiger partial charge in [-0.05, 0) is 30.5 Å². The molecule has 1 aromatic carbocycles. The van der Waals surface area contributed by atoms with Crippen LogP contribution in [0.25, 0.3) is 0 Å². The van der Waals surface area contributed by atoms with Gasteiger partial charge in [0, 0.05) is 28.2 Å². The third-order valence-electron chi connectivity index (χ3n) is 3.88. The van der Waals surface area contributed by atoms with Crippen LogP contribution in [0, 0.1) is 5.92 Å². The minimum Gasteiger partial charge on any atom is -0.317 e. The van der Waals surface area contributed by atoms with Crippen molar-refractivity contribution in [3.8, 4) is 0 Å². The smallest absolute Gasteiger partial charge is 0.317 e. The summed E-state index contributed by atoms with van der Waals surface area (Å²) in [5, 5.41) is 3.70. The van der Waals surface area contributed by atoms with E-state index in [1.54, 1.807) is 6.07 Å². The molecular formula is C13H14Cl2N2O. The Morgan fingerprint density at radius 2 is 2.22 bits per heavy atom. The number of carbonyl (C=O) groups excluding carboxylic acids is 1. The molecule has 1 fully saturated rings. The number of hydrogen-bond acceptors (Lipinski definition) is 1. The van der Waals surface area contributed by atoms with Gasteiger partial charge in [0.25, 0.3) is 0 Å². The Labute approximate surface area is 116 Å². The molecule has 2 aliphatic heterocycles. The second-order valence-corrected chi connectivity index (χ2v) is 5.96. The first kappa shape index (κ1) is 12.1. The van der Waals surface area contributed by atoms with E-state index in [4.69, 9.17) is 23.2 Å². The third kappa shape index (κ3) is 1.77. The number of anilines is 1. The monoisotopic (exact) mass is 284 g/mol. The molecule has 2 aliphatic rings. The van der Waals surface area contributed by atoms with Crippen molar-refractivity contribution in [2.75, 3.05) is 11.9 Å². The van der Waals surface area contributed by atoms with Gasteiger partial charge >= 0.3 is 6.03 Å². The van der Waals surface area contributed by atoms with Crippen LogP contribution in [0.1, 0.15) is 24.9 Å². The molecular weight excluding hydrogens is 271 g/mol. The van der Waals surface area contributed by atoms with Crippen molar-refractivity contribution in [2.45, 2.75) is 24.8 Å². The summed E-state index contributed by atoms with van der Waals surface area (Å²) < 4.78 is 0. The number of rotatable bonds is 0. The van der Waals surface area contributed by atoms with Crippen LogP contribution in [0.2, 0.25) is 5.02 Å². The summed E-state index contributed by atoms with van der Waals surface area (Å²) in [7, 11) is 0. The number of benzene rings is 1. The summed E-state index contributed by atoms with van der Waals surface area (Å²) in [6.45, 7) is 2.79. The Kier molecular flexibility index (Phi) is 2.91. The van der Waals surface area contributed by atoms with Gasteiger partial charge in [-0.25, -0.2) is 4.79 Å². The highest BCUT2D eigenvalue weighted by atomic mass is 35.5. The summed E-state index contributed by atoms with van der Waals surface area (Å²) in [5.74, 6) is 0.226. The fourth-order valence-electron chi connectivity index (χ4n) is 2.90. The van der Waals surface area contributed by atoms with Gasteiger partial charge in [-0.3, -0.25) is 0 Å². The zero-order valence-electron chi connectivity index (χ0n) is 9.99. The minimum absolute atomic E-state index is 0.0312. The van der Waals surface area contributed by atoms with Crippen molar-refractivity contribution >= 4 is 34.9 Å². The number of urea groups is 1. The lowest BCUT2D eigenvalue weighted by molar-refractivity contribution is 0.128. The molecule has 1 N–H and O–H groups in total. The number of nitrogens with zero attached hydrogens (tertiary/aromatic N) is 1. The Balaban J connectivity index is 2.10. The fraction of sp³-hybridized carbons (Fsp3) is 0.462. The molecule has 0 aromatic heterocycles. The molecule has 0 saturated carbocycles. The quantitative estimate of drug-likeness (QED) is 0.721. The number of hydrogen-bond donors (Lipinski definition) is 1. The maximum atomic E-state index is 12.1. The van der Waals surface area contributed by atoms with Crippen molar-refractivity contribution in [2.24, 2.45) is 5.92 Å². The largest absolute Gasteiger partial charge is 0.322 e. The van der Waals surface area contributed by atoms with Gasteiger partial charge in [0.05, 0.1) is 6.04 Å². The maximum absolute atomic E-state index is 12.1. The van der Waals surface area contributed by atoms with E-state index in [1.807, 2.05) is 17.0 Å². The normalized spacial score (nSPS) is 30.5. The molecule has 2 heterocycles. The van der Waals surface area contributed by atoms with Crippen LogP contribution in [-0.2, 0) is 0 Å². The summed E-state index contributed by atoms with van der Waals surface area (Å²) in [4.78, 5) is 13.9. The van der Waals surface area contributed by atoms with Gasteiger partial charge in [0.15, 0.2) is 0 Å². The first-order valence-corrected chi connectivity index (χ1v) is 6.90. The summed E-state index contributed by atoms with van der Waals surface area (Å²) in [6, 6.07) is 5.58. The number of carbonyl (C=O) groups is 1. The Bertz CT molecular complexity index is 506. The number of nitrogens with one attached hydrogen (secondary N) is 1. The van der Waals surface area contributed by atoms with Gasteiger partial charge in [0.1, 0.15) is 0 Å². The second kappa shape index (κ2) is 4.32. The zero-order chi connectivity index (χ0) is 12.9. The van der Waals surface area contributed by atoms with Crippen LogP contribution >= 0.6 is 23.2 Å². The van der Waals surface area contributed by atoms with Crippen molar-refractivity contribution in [3.05, 3.63) is 28.8 Å². The molecule has 2 amide bonds. The highest BCUT2D eigenvalue weighted by molar-refractivity contribution is 6.30. The minimum atomic E-state index is -0.0368. The molecule has 0 spiro atoms. The van der Waals surface area contributed by atoms with E-state index in [0.717, 1.165) is 17.7 Å². The number of fused-ring (bicyclic) bond motifs is 3. The van der Waals surface area contributed by atoms with Crippen LogP contribution in [0.15, 0.2) is 18.2 Å². The lowest BCUT2D eigenvalue weighted by Gasteiger charge is -2.45. The molecule has 0 aliphatic carbocycles. The molecule has 0 radical (unpaired) electrons. The van der Waals surface area contributed by atoms with Crippen LogP contribution in [-0.4, -0.2) is 22.9 Å². The topological polar surface area (TPSA) is 32.3 Å². The summed E-state index contributed by atoms with van der Waals surface area (Å²) in [6.07, 6.45) is 0.836. The summed E-state index contributed by atoms with van der Waals surface area (Å²) in [5.41, 5.74) is 1.92. The van der Waals surface area contributed by atoms with Crippen LogP contribution < -0.4 is 5.32 Å². The SMILES string of the molecule is C[C@@H]1C(Cl)CCN2C(=O)Nc3ccc(Cl)cc3[C@@H]12. The average Bonchev–Trinajstić information content (AvgIpc) is 2.34. The van der Waals surface area contributed by atoms with E-state index < -0.39 is 0 Å². The lowest BCUT2D eigenvalue weighted by Crippen LogP contribution is -2.50. The molecule has 0 bridgehead atoms. The standard InChI is InChI=1S/C13H14Cl2N2O/c1-7-10(15)4-5-17-12(7)9-6-8(14)2-3-11(9)16-13(17)18/h2-3,6-7,10,12H,4-5H2,1H3,(H,16,18)/t7-,10?,12-/m1/s1. The van der Waals surface area contributed by atoms with Crippen molar-refractivity contribution in [1.82, 2.24) is 4.90 Å². The van der Waals surface area contributed by atoms with Crippen LogP contribution in [0.5, 0.6) is 0 Å². The van der Waals surface area contributed by atoms with E-state index in [0.29, 0.717) is 11.6 Å². The van der Waals surface area contributed by atoms with Gasteiger partial charge in [-0.15, -0.1) is 11.6 Å². The summed E-state index contributed by atoms with van der Waals surface area (Å²) >= 11 is 12.4. The lowest BCUT2D eigenvalue weighted by atomic mass is 9.84. The first-order valence-electron chi connectivity index (χ1n) is 6.09. The molecule has 3 nitrogen and oxygen atoms in total. The van der Waals surface area contributed by atoms with Crippen molar-refractivity contribution in [3.63, 3.8) is 0 Å². The van der Waals surface area contributed by atoms with Gasteiger partial charge < -0.3 is 10.2 Å². The van der Waals surface area contributed by atoms with E-state index in [9.17, 15) is 4.79 Å². The van der Waals surface area contributed by atoms with E-state index in [1.165, 1.54) is 0 Å². The molecule has 1 unspecified atom stereocenters. The number of alkyl halides is 1. The first-order chi connectivity index (χ1) is 8.58. The number of piperidine rings is 1. The molecule has 96 valence electrons. The Morgan fingerprint density at radius 3 is 3.00 bits per heavy atom. The molecule has 5 heteroatoms. The van der Waals surface area contributed by atoms with Gasteiger partial charge in [-0.2, -0.15) is 0 Å². The van der Waals surface area contributed by atoms with Gasteiger partial charge in [0.2, 0.25) is 0 Å². The van der Waals surface area contributed by atoms with E-state index in [2.05, 4.69) is 12.2 Å². The highest BCUT2D eigenvalue weighted by Gasteiger charge is 2.41. The average molecular weight is 285 g/mol. The van der Waals surface area contributed by atoms with Crippen molar-refractivity contribution < 1.29 is 4.79 Å². The molecule has 3 atom stereocenters. The van der Waals surface area contributed by atoms with E-state index >= 15 is 0 Å². The highest BCUT2D eigenvalue weighted by Crippen LogP contribution is 2.44. The molecule has 18 heavy (non-hydrogen) atoms. The van der Waals surface area contributed by atoms with E-state index in [-0.39, 0.29) is 23.4 Å². The predicted molar refractivity (Wildman–Crippen MR) is 73.3 cm³/mol. The maximum Gasteiger partial charge on any atom is 0.322 e. The predicted octanol–water partition coefficient (Wildman–Crippen LogP) is 3.88. The zero-order valence-corrected chi connectivity index (χ0v) is 11.5. The van der Waals surface area contributed by atoms with Crippen molar-refractivity contribution in [1.29, 1.82) is 0 Å².